The van der Waals surface area contributed by atoms with Crippen LogP contribution in [0.25, 0.3) is 11.0 Å². The van der Waals surface area contributed by atoms with Crippen molar-refractivity contribution in [3.8, 4) is 0 Å². The molecule has 2 aromatic carbocycles. The summed E-state index contributed by atoms with van der Waals surface area (Å²) in [5, 5.41) is 0.490. The van der Waals surface area contributed by atoms with Gasteiger partial charge in [0.15, 0.2) is 0 Å². The van der Waals surface area contributed by atoms with Gasteiger partial charge in [-0.25, -0.2) is 18.1 Å². The van der Waals surface area contributed by atoms with Crippen molar-refractivity contribution < 1.29 is 8.42 Å². The van der Waals surface area contributed by atoms with E-state index in [4.69, 9.17) is 11.6 Å². The van der Waals surface area contributed by atoms with E-state index in [1.165, 1.54) is 12.1 Å². The zero-order valence-electron chi connectivity index (χ0n) is 11.7. The Labute approximate surface area is 133 Å². The fourth-order valence-corrected chi connectivity index (χ4v) is 3.48. The van der Waals surface area contributed by atoms with Crippen LogP contribution in [0.4, 0.5) is 0 Å². The number of rotatable bonds is 4. The average molecular weight is 336 g/mol. The average Bonchev–Trinajstić information content (AvgIpc) is 2.91. The van der Waals surface area contributed by atoms with E-state index in [0.29, 0.717) is 10.8 Å². The molecular weight excluding hydrogens is 322 g/mol. The molecule has 1 atom stereocenters. The van der Waals surface area contributed by atoms with Gasteiger partial charge in [-0.1, -0.05) is 23.7 Å². The number of H-pyrrole nitrogens is 1. The van der Waals surface area contributed by atoms with E-state index in [-0.39, 0.29) is 4.90 Å². The van der Waals surface area contributed by atoms with E-state index in [9.17, 15) is 8.42 Å². The first-order valence-electron chi connectivity index (χ1n) is 6.68. The lowest BCUT2D eigenvalue weighted by Crippen LogP contribution is -2.27. The third kappa shape index (κ3) is 2.99. The molecule has 0 aliphatic carbocycles. The van der Waals surface area contributed by atoms with Gasteiger partial charge in [-0.15, -0.1) is 0 Å². The number of para-hydroxylation sites is 2. The maximum atomic E-state index is 12.3. The summed E-state index contributed by atoms with van der Waals surface area (Å²) >= 11 is 5.78. The first kappa shape index (κ1) is 15.0. The van der Waals surface area contributed by atoms with Crippen molar-refractivity contribution in [2.24, 2.45) is 0 Å². The van der Waals surface area contributed by atoms with Crippen LogP contribution in [0.3, 0.4) is 0 Å². The zero-order valence-corrected chi connectivity index (χ0v) is 13.3. The molecule has 7 heteroatoms. The minimum Gasteiger partial charge on any atom is -0.341 e. The van der Waals surface area contributed by atoms with Crippen molar-refractivity contribution in [1.82, 2.24) is 14.7 Å². The van der Waals surface area contributed by atoms with Crippen LogP contribution in [0.2, 0.25) is 5.02 Å². The van der Waals surface area contributed by atoms with Crippen molar-refractivity contribution in [2.75, 3.05) is 0 Å². The van der Waals surface area contributed by atoms with Gasteiger partial charge in [0.05, 0.1) is 22.0 Å². The number of fused-ring (bicyclic) bond motifs is 1. The van der Waals surface area contributed by atoms with Crippen LogP contribution in [0.15, 0.2) is 53.4 Å². The van der Waals surface area contributed by atoms with Crippen molar-refractivity contribution in [3.05, 3.63) is 59.4 Å². The molecule has 1 heterocycles. The Morgan fingerprint density at radius 3 is 2.50 bits per heavy atom. The molecule has 0 saturated heterocycles. The van der Waals surface area contributed by atoms with E-state index in [0.717, 1.165) is 11.0 Å². The van der Waals surface area contributed by atoms with E-state index in [2.05, 4.69) is 14.7 Å². The van der Waals surface area contributed by atoms with Crippen molar-refractivity contribution in [3.63, 3.8) is 0 Å². The van der Waals surface area contributed by atoms with Crippen LogP contribution in [-0.2, 0) is 10.0 Å². The first-order valence-corrected chi connectivity index (χ1v) is 8.54. The van der Waals surface area contributed by atoms with Crippen LogP contribution in [-0.4, -0.2) is 18.4 Å². The van der Waals surface area contributed by atoms with Crippen LogP contribution in [0, 0.1) is 0 Å². The molecule has 0 fully saturated rings. The lowest BCUT2D eigenvalue weighted by molar-refractivity contribution is 0.561. The molecule has 3 rings (SSSR count). The molecule has 0 aliphatic heterocycles. The molecule has 114 valence electrons. The highest BCUT2D eigenvalue weighted by Crippen LogP contribution is 2.19. The van der Waals surface area contributed by atoms with Gasteiger partial charge >= 0.3 is 0 Å². The van der Waals surface area contributed by atoms with Crippen molar-refractivity contribution in [1.29, 1.82) is 0 Å². The van der Waals surface area contributed by atoms with E-state index < -0.39 is 16.1 Å². The molecular formula is C15H14ClN3O2S. The Balaban J connectivity index is 1.86. The largest absolute Gasteiger partial charge is 0.341 e. The number of aromatic nitrogens is 2. The number of benzene rings is 2. The molecule has 0 bridgehead atoms. The second-order valence-corrected chi connectivity index (χ2v) is 7.09. The first-order chi connectivity index (χ1) is 10.5. The van der Waals surface area contributed by atoms with Gasteiger partial charge in [0.1, 0.15) is 5.82 Å². The minimum atomic E-state index is -3.63. The lowest BCUT2D eigenvalue weighted by atomic mass is 10.3. The second kappa shape index (κ2) is 5.72. The number of aromatic amines is 1. The zero-order chi connectivity index (χ0) is 15.7. The SMILES string of the molecule is C[C@H](NS(=O)(=O)c1ccc(Cl)cc1)c1nc2ccccc2[nH]1. The Kier molecular flexibility index (Phi) is 3.90. The predicted molar refractivity (Wildman–Crippen MR) is 86.3 cm³/mol. The summed E-state index contributed by atoms with van der Waals surface area (Å²) in [4.78, 5) is 7.69. The Morgan fingerprint density at radius 1 is 1.14 bits per heavy atom. The van der Waals surface area contributed by atoms with Gasteiger partial charge < -0.3 is 4.98 Å². The standard InChI is InChI=1S/C15H14ClN3O2S/c1-10(15-17-13-4-2-3-5-14(13)18-15)19-22(20,21)12-8-6-11(16)7-9-12/h2-10,19H,1H3,(H,17,18)/t10-/m0/s1. The summed E-state index contributed by atoms with van der Waals surface area (Å²) in [6, 6.07) is 13.1. The number of nitrogens with one attached hydrogen (secondary N) is 2. The molecule has 22 heavy (non-hydrogen) atoms. The molecule has 0 radical (unpaired) electrons. The Bertz CT molecular complexity index is 871. The van der Waals surface area contributed by atoms with Gasteiger partial charge in [0, 0.05) is 5.02 Å². The van der Waals surface area contributed by atoms with Crippen LogP contribution in [0.1, 0.15) is 18.8 Å². The normalized spacial score (nSPS) is 13.4. The highest BCUT2D eigenvalue weighted by molar-refractivity contribution is 7.89. The summed E-state index contributed by atoms with van der Waals surface area (Å²) in [5.41, 5.74) is 1.67. The van der Waals surface area contributed by atoms with Crippen LogP contribution in [0.5, 0.6) is 0 Å². The molecule has 1 aromatic heterocycles. The predicted octanol–water partition coefficient (Wildman–Crippen LogP) is 3.26. The molecule has 0 amide bonds. The number of hydrogen-bond donors (Lipinski definition) is 2. The highest BCUT2D eigenvalue weighted by Gasteiger charge is 2.20. The number of imidazole rings is 1. The number of nitrogens with zero attached hydrogens (tertiary/aromatic N) is 1. The lowest BCUT2D eigenvalue weighted by Gasteiger charge is -2.12. The number of hydrogen-bond acceptors (Lipinski definition) is 3. The maximum absolute atomic E-state index is 12.3. The van der Waals surface area contributed by atoms with Gasteiger partial charge in [-0.05, 0) is 43.3 Å². The summed E-state index contributed by atoms with van der Waals surface area (Å²) in [7, 11) is -3.63. The fraction of sp³-hybridized carbons (Fsp3) is 0.133. The molecule has 0 aliphatic rings. The smallest absolute Gasteiger partial charge is 0.241 e. The van der Waals surface area contributed by atoms with E-state index in [1.807, 2.05) is 24.3 Å². The molecule has 3 aromatic rings. The monoisotopic (exact) mass is 335 g/mol. The molecule has 2 N–H and O–H groups in total. The van der Waals surface area contributed by atoms with Gasteiger partial charge in [0.2, 0.25) is 10.0 Å². The Morgan fingerprint density at radius 2 is 1.82 bits per heavy atom. The third-order valence-electron chi connectivity index (χ3n) is 3.27. The summed E-state index contributed by atoms with van der Waals surface area (Å²) in [5.74, 6) is 0.568. The van der Waals surface area contributed by atoms with Crippen LogP contribution < -0.4 is 4.72 Å². The number of sulfonamides is 1. The van der Waals surface area contributed by atoms with Crippen LogP contribution >= 0.6 is 11.6 Å². The molecule has 5 nitrogen and oxygen atoms in total. The van der Waals surface area contributed by atoms with Crippen molar-refractivity contribution >= 4 is 32.7 Å². The summed E-state index contributed by atoms with van der Waals surface area (Å²) < 4.78 is 27.3. The number of halogens is 1. The topological polar surface area (TPSA) is 74.8 Å². The molecule has 0 saturated carbocycles. The van der Waals surface area contributed by atoms with E-state index in [1.54, 1.807) is 19.1 Å². The maximum Gasteiger partial charge on any atom is 0.241 e. The van der Waals surface area contributed by atoms with Crippen molar-refractivity contribution in [2.45, 2.75) is 17.9 Å². The Hall–Kier alpha value is -1.89. The quantitative estimate of drug-likeness (QED) is 0.768. The second-order valence-electron chi connectivity index (χ2n) is 4.94. The van der Waals surface area contributed by atoms with Gasteiger partial charge in [0.25, 0.3) is 0 Å². The summed E-state index contributed by atoms with van der Waals surface area (Å²) in [6.45, 7) is 1.74. The van der Waals surface area contributed by atoms with Gasteiger partial charge in [-0.3, -0.25) is 0 Å². The minimum absolute atomic E-state index is 0.167. The summed E-state index contributed by atoms with van der Waals surface area (Å²) in [6.07, 6.45) is 0. The van der Waals surface area contributed by atoms with Gasteiger partial charge in [-0.2, -0.15) is 0 Å². The van der Waals surface area contributed by atoms with E-state index >= 15 is 0 Å². The highest BCUT2D eigenvalue weighted by atomic mass is 35.5. The third-order valence-corrected chi connectivity index (χ3v) is 5.08. The molecule has 0 spiro atoms. The molecule has 0 unspecified atom stereocenters. The fourth-order valence-electron chi connectivity index (χ4n) is 2.15.